The first-order valence-corrected chi connectivity index (χ1v) is 11.9. The molecule has 1 rings (SSSR count). The van der Waals surface area contributed by atoms with Gasteiger partial charge in [-0.1, -0.05) is 47.5 Å². The van der Waals surface area contributed by atoms with E-state index in [1.165, 1.54) is 0 Å². The topological polar surface area (TPSA) is 55.1 Å². The first-order chi connectivity index (χ1) is 15.1. The molecule has 3 nitrogen and oxygen atoms in total. The number of rotatable bonds is 11. The summed E-state index contributed by atoms with van der Waals surface area (Å²) in [7, 11) is 0. The van der Waals surface area contributed by atoms with Gasteiger partial charge in [0, 0.05) is 49.8 Å². The zero-order valence-corrected chi connectivity index (χ0v) is 21.7. The lowest BCUT2D eigenvalue weighted by molar-refractivity contribution is -0.103. The van der Waals surface area contributed by atoms with Crippen molar-refractivity contribution in [1.29, 1.82) is 0 Å². The average Bonchev–Trinajstić information content (AvgIpc) is 2.75. The molecule has 0 atom stereocenters. The van der Waals surface area contributed by atoms with E-state index in [2.05, 4.69) is 11.9 Å². The molecule has 1 aromatic rings. The van der Waals surface area contributed by atoms with Gasteiger partial charge in [0.05, 0.1) is 0 Å². The van der Waals surface area contributed by atoms with Crippen molar-refractivity contribution in [3.63, 3.8) is 0 Å². The van der Waals surface area contributed by atoms with Gasteiger partial charge < -0.3 is 11.1 Å². The number of nitrogen functional groups attached to an aromatic ring is 1. The van der Waals surface area contributed by atoms with Gasteiger partial charge in [-0.3, -0.25) is 4.79 Å². The number of aldehydes is 1. The molecule has 172 valence electrons. The minimum Gasteiger partial charge on any atom is -0.398 e. The van der Waals surface area contributed by atoms with E-state index in [9.17, 15) is 4.79 Å². The molecule has 0 spiro atoms. The van der Waals surface area contributed by atoms with E-state index in [-0.39, 0.29) is 0 Å². The number of nitrogens with two attached hydrogens (primary N) is 1. The molecule has 0 aliphatic rings. The van der Waals surface area contributed by atoms with E-state index in [0.717, 1.165) is 39.2 Å². The quantitative estimate of drug-likeness (QED) is 0.110. The van der Waals surface area contributed by atoms with Crippen LogP contribution in [-0.2, 0) is 4.79 Å². The molecule has 0 aliphatic heterocycles. The molecule has 0 aromatic heterocycles. The number of benzene rings is 1. The van der Waals surface area contributed by atoms with E-state index in [1.54, 1.807) is 17.8 Å². The van der Waals surface area contributed by atoms with Crippen LogP contribution >= 0.6 is 35.0 Å². The summed E-state index contributed by atoms with van der Waals surface area (Å²) in [6.45, 7) is 14.2. The molecule has 32 heavy (non-hydrogen) atoms. The van der Waals surface area contributed by atoms with Crippen LogP contribution in [0.2, 0.25) is 0 Å². The van der Waals surface area contributed by atoms with Gasteiger partial charge in [0.15, 0.2) is 0 Å². The van der Waals surface area contributed by atoms with Crippen molar-refractivity contribution in [3.8, 4) is 0 Å². The normalized spacial score (nSPS) is 14.2. The smallest absolute Gasteiger partial charge is 0.150 e. The average molecular weight is 492 g/mol. The van der Waals surface area contributed by atoms with Crippen LogP contribution < -0.4 is 11.1 Å². The van der Waals surface area contributed by atoms with Crippen molar-refractivity contribution >= 4 is 52.5 Å². The molecular weight excluding hydrogens is 459 g/mol. The second-order valence-electron chi connectivity index (χ2n) is 7.47. The maximum absolute atomic E-state index is 11.8. The number of hydrogen-bond donors (Lipinski definition) is 2. The molecular formula is C26H32Cl2N2OS. The van der Waals surface area contributed by atoms with Gasteiger partial charge >= 0.3 is 0 Å². The Hall–Kier alpha value is -2.14. The number of thioether (sulfide) groups is 1. The highest BCUT2D eigenvalue weighted by Crippen LogP contribution is 2.29. The van der Waals surface area contributed by atoms with Crippen LogP contribution in [0.4, 0.5) is 5.69 Å². The largest absolute Gasteiger partial charge is 0.398 e. The van der Waals surface area contributed by atoms with Gasteiger partial charge in [0.25, 0.3) is 0 Å². The fraction of sp³-hybridized carbons (Fsp3) is 0.269. The fourth-order valence-electron chi connectivity index (χ4n) is 2.53. The second kappa shape index (κ2) is 14.1. The number of allylic oxidation sites excluding steroid dienone is 9. The summed E-state index contributed by atoms with van der Waals surface area (Å²) < 4.78 is 0. The zero-order chi connectivity index (χ0) is 24.3. The summed E-state index contributed by atoms with van der Waals surface area (Å²) >= 11 is 13.8. The Balaban J connectivity index is 2.97. The van der Waals surface area contributed by atoms with Crippen LogP contribution in [0.5, 0.6) is 0 Å². The maximum Gasteiger partial charge on any atom is 0.150 e. The highest BCUT2D eigenvalue weighted by atomic mass is 35.5. The number of anilines is 1. The summed E-state index contributed by atoms with van der Waals surface area (Å²) in [6, 6.07) is 5.72. The van der Waals surface area contributed by atoms with Crippen LogP contribution in [-0.4, -0.2) is 18.6 Å². The molecule has 0 radical (unpaired) electrons. The molecule has 0 saturated carbocycles. The molecule has 0 amide bonds. The summed E-state index contributed by atoms with van der Waals surface area (Å²) in [5.74, 6) is 0.710. The summed E-state index contributed by atoms with van der Waals surface area (Å²) in [5, 5.41) is 4.68. The second-order valence-corrected chi connectivity index (χ2v) is 9.52. The highest BCUT2D eigenvalue weighted by molar-refractivity contribution is 7.99. The Kier molecular flexibility index (Phi) is 12.3. The van der Waals surface area contributed by atoms with Gasteiger partial charge in [-0.05, 0) is 76.1 Å². The lowest BCUT2D eigenvalue weighted by atomic mass is 10.0. The standard InChI is InChI=1S/C26H32Cl2N2OS/c1-17(2)20(5)21(6)30-13-12-22(15-31)24-14-23(10-11-26(24)29)32-16-18(3)25(28)9-7-8-19(4)27/h7-12,14-15,30H,1,13,16,29H2,2-6H3/b9-7-,19-8+,21-20-,22-12+,25-18-. The van der Waals surface area contributed by atoms with E-state index in [4.69, 9.17) is 28.9 Å². The van der Waals surface area contributed by atoms with Crippen molar-refractivity contribution in [1.82, 2.24) is 5.32 Å². The van der Waals surface area contributed by atoms with Crippen LogP contribution in [0.1, 0.15) is 40.2 Å². The minimum atomic E-state index is 0.515. The molecule has 3 N–H and O–H groups in total. The van der Waals surface area contributed by atoms with E-state index < -0.39 is 0 Å². The molecule has 0 bridgehead atoms. The van der Waals surface area contributed by atoms with E-state index in [1.807, 2.05) is 71.0 Å². The molecule has 0 saturated heterocycles. The van der Waals surface area contributed by atoms with Crippen LogP contribution in [0, 0.1) is 0 Å². The number of hydrogen-bond acceptors (Lipinski definition) is 4. The van der Waals surface area contributed by atoms with Gasteiger partial charge in [-0.25, -0.2) is 0 Å². The lowest BCUT2D eigenvalue weighted by Gasteiger charge is -2.11. The van der Waals surface area contributed by atoms with Crippen molar-refractivity contribution in [2.24, 2.45) is 0 Å². The lowest BCUT2D eigenvalue weighted by Crippen LogP contribution is -2.13. The summed E-state index contributed by atoms with van der Waals surface area (Å²) in [6.07, 6.45) is 8.12. The number of nitrogens with one attached hydrogen (secondary N) is 1. The number of halogens is 2. The van der Waals surface area contributed by atoms with Gasteiger partial charge in [-0.15, -0.1) is 11.8 Å². The Labute approximate surface area is 206 Å². The molecule has 6 heteroatoms. The zero-order valence-electron chi connectivity index (χ0n) is 19.4. The van der Waals surface area contributed by atoms with Crippen molar-refractivity contribution in [2.45, 2.75) is 39.5 Å². The first-order valence-electron chi connectivity index (χ1n) is 10.2. The fourth-order valence-corrected chi connectivity index (χ4v) is 3.73. The van der Waals surface area contributed by atoms with Crippen LogP contribution in [0.15, 0.2) is 86.5 Å². The third-order valence-corrected chi connectivity index (χ3v) is 6.53. The van der Waals surface area contributed by atoms with Gasteiger partial charge in [0.1, 0.15) is 6.29 Å². The Bertz CT molecular complexity index is 997. The monoisotopic (exact) mass is 490 g/mol. The van der Waals surface area contributed by atoms with Crippen LogP contribution in [0.3, 0.4) is 0 Å². The van der Waals surface area contributed by atoms with Gasteiger partial charge in [0.2, 0.25) is 0 Å². The third-order valence-electron chi connectivity index (χ3n) is 4.79. The predicted molar refractivity (Wildman–Crippen MR) is 144 cm³/mol. The minimum absolute atomic E-state index is 0.515. The first kappa shape index (κ1) is 27.9. The maximum atomic E-state index is 11.8. The Morgan fingerprint density at radius 3 is 2.47 bits per heavy atom. The molecule has 1 aromatic carbocycles. The summed E-state index contributed by atoms with van der Waals surface area (Å²) in [4.78, 5) is 12.8. The molecule has 0 fully saturated rings. The predicted octanol–water partition coefficient (Wildman–Crippen LogP) is 7.61. The van der Waals surface area contributed by atoms with E-state index in [0.29, 0.717) is 33.6 Å². The molecule has 0 heterocycles. The summed E-state index contributed by atoms with van der Waals surface area (Å²) in [5.41, 5.74) is 12.2. The van der Waals surface area contributed by atoms with Crippen LogP contribution in [0.25, 0.3) is 5.57 Å². The van der Waals surface area contributed by atoms with Crippen molar-refractivity contribution in [3.05, 3.63) is 87.1 Å². The van der Waals surface area contributed by atoms with Crippen molar-refractivity contribution < 1.29 is 4.79 Å². The Morgan fingerprint density at radius 2 is 1.88 bits per heavy atom. The Morgan fingerprint density at radius 1 is 1.19 bits per heavy atom. The van der Waals surface area contributed by atoms with E-state index >= 15 is 0 Å². The molecule has 0 unspecified atom stereocenters. The van der Waals surface area contributed by atoms with Gasteiger partial charge in [-0.2, -0.15) is 0 Å². The SMILES string of the molecule is C=C(C)/C(C)=C(/C)NC/C=C(\C=O)c1cc(SC/C(C)=C(Cl)/C=C\C=C(/C)Cl)ccc1N. The number of carbonyl (C=O) groups excluding carboxylic acids is 1. The van der Waals surface area contributed by atoms with Crippen molar-refractivity contribution in [2.75, 3.05) is 18.0 Å². The third kappa shape index (κ3) is 9.56. The number of carbonyl (C=O) groups is 1. The highest BCUT2D eigenvalue weighted by Gasteiger charge is 2.08. The molecule has 0 aliphatic carbocycles.